The van der Waals surface area contributed by atoms with Crippen LogP contribution in [0.3, 0.4) is 0 Å². The van der Waals surface area contributed by atoms with Gasteiger partial charge in [0, 0.05) is 6.54 Å². The van der Waals surface area contributed by atoms with Crippen LogP contribution in [0.15, 0.2) is 0 Å². The summed E-state index contributed by atoms with van der Waals surface area (Å²) in [5, 5.41) is 2.91. The fourth-order valence-corrected chi connectivity index (χ4v) is 3.04. The molecule has 0 fully saturated rings. The zero-order valence-electron chi connectivity index (χ0n) is 13.7. The molecule has 0 spiro atoms. The van der Waals surface area contributed by atoms with Crippen LogP contribution in [-0.4, -0.2) is 29.5 Å². The lowest BCUT2D eigenvalue weighted by Crippen LogP contribution is -2.25. The molecule has 0 aliphatic rings. The van der Waals surface area contributed by atoms with E-state index in [9.17, 15) is 4.57 Å². The largest absolute Gasteiger partial charge is 0.469 e. The van der Waals surface area contributed by atoms with Crippen LogP contribution in [-0.2, 0) is 9.09 Å². The topological polar surface area (TPSA) is 78.8 Å². The van der Waals surface area contributed by atoms with Gasteiger partial charge in [0.1, 0.15) is 0 Å². The summed E-state index contributed by atoms with van der Waals surface area (Å²) in [5.41, 5.74) is 0. The maximum atomic E-state index is 10.8. The van der Waals surface area contributed by atoms with Crippen molar-refractivity contribution in [3.63, 3.8) is 0 Å². The lowest BCUT2D eigenvalue weighted by molar-refractivity contribution is 0.124. The molecule has 0 saturated heterocycles. The number of phosphoric acid groups is 1. The molecule has 0 saturated carbocycles. The van der Waals surface area contributed by atoms with Gasteiger partial charge in [-0.05, 0) is 13.5 Å². The van der Waals surface area contributed by atoms with Gasteiger partial charge >= 0.3 is 7.82 Å². The van der Waals surface area contributed by atoms with Gasteiger partial charge in [0.25, 0.3) is 0 Å². The Hall–Kier alpha value is 0.0700. The highest BCUT2D eigenvalue weighted by Crippen LogP contribution is 2.38. The molecule has 6 heteroatoms. The summed E-state index contributed by atoms with van der Waals surface area (Å²) in [6, 6.07) is 0. The van der Waals surface area contributed by atoms with Crippen LogP contribution >= 0.6 is 7.82 Å². The van der Waals surface area contributed by atoms with Gasteiger partial charge in [0.15, 0.2) is 0 Å². The summed E-state index contributed by atoms with van der Waals surface area (Å²) in [7, 11) is -2.61. The van der Waals surface area contributed by atoms with Gasteiger partial charge in [-0.25, -0.2) is 4.57 Å². The van der Waals surface area contributed by atoms with Crippen LogP contribution in [0.1, 0.15) is 77.6 Å². The minimum Gasteiger partial charge on any atom is -0.317 e. The Kier molecular flexibility index (Phi) is 13.8. The van der Waals surface area contributed by atoms with E-state index in [-0.39, 0.29) is 0 Å². The summed E-state index contributed by atoms with van der Waals surface area (Å²) < 4.78 is 15.6. The first kappa shape index (κ1) is 21.1. The third kappa shape index (κ3) is 16.3. The van der Waals surface area contributed by atoms with Crippen molar-refractivity contribution in [3.8, 4) is 0 Å². The maximum absolute atomic E-state index is 10.8. The molecule has 0 aliphatic carbocycles. The zero-order chi connectivity index (χ0) is 16.0. The highest BCUT2D eigenvalue weighted by Gasteiger charge is 2.21. The number of phosphoric ester groups is 1. The first-order valence-corrected chi connectivity index (χ1v) is 9.91. The second-order valence-electron chi connectivity index (χ2n) is 5.75. The van der Waals surface area contributed by atoms with E-state index in [1.165, 1.54) is 51.4 Å². The van der Waals surface area contributed by atoms with Crippen molar-refractivity contribution in [1.29, 1.82) is 0 Å². The zero-order valence-corrected chi connectivity index (χ0v) is 14.6. The normalized spacial score (nSPS) is 13.5. The predicted molar refractivity (Wildman–Crippen MR) is 87.3 cm³/mol. The van der Waals surface area contributed by atoms with Gasteiger partial charge in [0.2, 0.25) is 0 Å². The van der Waals surface area contributed by atoms with Crippen molar-refractivity contribution >= 4 is 7.82 Å². The molecule has 21 heavy (non-hydrogen) atoms. The highest BCUT2D eigenvalue weighted by molar-refractivity contribution is 7.46. The van der Waals surface area contributed by atoms with Crippen LogP contribution in [0.2, 0.25) is 0 Å². The van der Waals surface area contributed by atoms with E-state index >= 15 is 0 Å². The molecule has 5 nitrogen and oxygen atoms in total. The average molecular weight is 323 g/mol. The molecule has 0 aromatic rings. The van der Waals surface area contributed by atoms with E-state index in [4.69, 9.17) is 14.3 Å². The molecule has 1 unspecified atom stereocenters. The minimum atomic E-state index is -4.37. The second-order valence-corrected chi connectivity index (χ2v) is 6.94. The molecule has 3 N–H and O–H groups in total. The maximum Gasteiger partial charge on any atom is 0.469 e. The number of unbranched alkanes of at least 4 members (excludes halogenated alkanes) is 9. The Morgan fingerprint density at radius 3 is 1.86 bits per heavy atom. The number of rotatable bonds is 15. The van der Waals surface area contributed by atoms with E-state index in [0.29, 0.717) is 13.0 Å². The molecule has 0 radical (unpaired) electrons. The van der Waals surface area contributed by atoms with Gasteiger partial charge in [-0.3, -0.25) is 4.52 Å². The smallest absolute Gasteiger partial charge is 0.317 e. The van der Waals surface area contributed by atoms with Crippen molar-refractivity contribution in [2.75, 3.05) is 13.6 Å². The van der Waals surface area contributed by atoms with Gasteiger partial charge in [-0.2, -0.15) is 0 Å². The van der Waals surface area contributed by atoms with Gasteiger partial charge in [0.05, 0.1) is 6.10 Å². The summed E-state index contributed by atoms with van der Waals surface area (Å²) in [5.74, 6) is 0. The van der Waals surface area contributed by atoms with E-state index in [0.717, 1.165) is 12.8 Å². The Morgan fingerprint density at radius 1 is 0.952 bits per heavy atom. The lowest BCUT2D eigenvalue weighted by atomic mass is 10.0. The first-order valence-electron chi connectivity index (χ1n) is 8.38. The third-order valence-corrected chi connectivity index (χ3v) is 4.17. The summed E-state index contributed by atoms with van der Waals surface area (Å²) in [6.07, 6.45) is 12.9. The fourth-order valence-electron chi connectivity index (χ4n) is 2.47. The van der Waals surface area contributed by atoms with E-state index < -0.39 is 13.9 Å². The molecular formula is C15H34NO4P. The molecule has 0 aromatic carbocycles. The monoisotopic (exact) mass is 323 g/mol. The number of hydrogen-bond acceptors (Lipinski definition) is 3. The van der Waals surface area contributed by atoms with Crippen molar-refractivity contribution in [2.45, 2.75) is 83.7 Å². The first-order chi connectivity index (χ1) is 9.99. The van der Waals surface area contributed by atoms with Crippen molar-refractivity contribution in [2.24, 2.45) is 0 Å². The molecule has 128 valence electrons. The molecule has 0 bridgehead atoms. The Bertz CT molecular complexity index is 270. The molecule has 0 heterocycles. The molecule has 0 rings (SSSR count). The number of hydrogen-bond donors (Lipinski definition) is 3. The molecular weight excluding hydrogens is 289 g/mol. The van der Waals surface area contributed by atoms with E-state index in [1.807, 2.05) is 0 Å². The molecule has 0 aliphatic heterocycles. The lowest BCUT2D eigenvalue weighted by Gasteiger charge is -2.17. The van der Waals surface area contributed by atoms with E-state index in [1.54, 1.807) is 7.05 Å². The molecule has 0 aromatic heterocycles. The van der Waals surface area contributed by atoms with Gasteiger partial charge in [-0.15, -0.1) is 0 Å². The second kappa shape index (κ2) is 13.7. The quantitative estimate of drug-likeness (QED) is 0.314. The minimum absolute atomic E-state index is 0.398. The fraction of sp³-hybridized carbons (Fsp3) is 1.00. The predicted octanol–water partition coefficient (Wildman–Crippen LogP) is 3.99. The van der Waals surface area contributed by atoms with Crippen molar-refractivity contribution in [1.82, 2.24) is 5.32 Å². The van der Waals surface area contributed by atoms with Gasteiger partial charge in [-0.1, -0.05) is 71.1 Å². The summed E-state index contributed by atoms with van der Waals surface area (Å²) in [4.78, 5) is 17.7. The van der Waals surface area contributed by atoms with Crippen LogP contribution in [0.25, 0.3) is 0 Å². The van der Waals surface area contributed by atoms with Crippen LogP contribution in [0, 0.1) is 0 Å². The Labute approximate surface area is 130 Å². The van der Waals surface area contributed by atoms with Crippen molar-refractivity contribution < 1.29 is 18.9 Å². The van der Waals surface area contributed by atoms with Gasteiger partial charge < -0.3 is 15.1 Å². The highest BCUT2D eigenvalue weighted by atomic mass is 31.2. The summed E-state index contributed by atoms with van der Waals surface area (Å²) >= 11 is 0. The Morgan fingerprint density at radius 2 is 1.43 bits per heavy atom. The summed E-state index contributed by atoms with van der Waals surface area (Å²) in [6.45, 7) is 2.71. The van der Waals surface area contributed by atoms with Crippen LogP contribution < -0.4 is 5.32 Å². The average Bonchev–Trinajstić information content (AvgIpc) is 2.39. The van der Waals surface area contributed by atoms with Crippen LogP contribution in [0.4, 0.5) is 0 Å². The molecule has 0 amide bonds. The third-order valence-electron chi connectivity index (χ3n) is 3.60. The van der Waals surface area contributed by atoms with Crippen molar-refractivity contribution in [3.05, 3.63) is 0 Å². The Balaban J connectivity index is 3.47. The molecule has 1 atom stereocenters. The van der Waals surface area contributed by atoms with E-state index in [2.05, 4.69) is 12.2 Å². The number of nitrogens with one attached hydrogen (secondary N) is 1. The number of likely N-dealkylation sites (N-methyl/N-ethyl adjacent to an activating group) is 1. The van der Waals surface area contributed by atoms with Crippen LogP contribution in [0.5, 0.6) is 0 Å². The standard InChI is InChI=1S/C15H34NO4P/c1-3-4-5-6-7-8-9-10-11-12-13-15(14-16-2)20-21(17,18)19/h15-16H,3-14H2,1-2H3,(H2,17,18,19). The SMILES string of the molecule is CCCCCCCCCCCCC(CNC)OP(=O)(O)O.